The molecule has 0 bridgehead atoms. The van der Waals surface area contributed by atoms with Gasteiger partial charge in [-0.1, -0.05) is 50.6 Å². The van der Waals surface area contributed by atoms with Crippen LogP contribution in [0.4, 0.5) is 0 Å². The van der Waals surface area contributed by atoms with Gasteiger partial charge in [0.2, 0.25) is 17.7 Å². The number of carbonyl (C=O) groups excluding carboxylic acids is 3. The fourth-order valence-corrected chi connectivity index (χ4v) is 3.09. The zero-order chi connectivity index (χ0) is 24.3. The first-order valence-corrected chi connectivity index (χ1v) is 10.9. The van der Waals surface area contributed by atoms with Crippen molar-refractivity contribution in [1.82, 2.24) is 16.0 Å². The molecule has 0 aliphatic heterocycles. The maximum atomic E-state index is 12.8. The number of nitrogens with two attached hydrogens (primary N) is 1. The Morgan fingerprint density at radius 2 is 1.59 bits per heavy atom. The molecular weight excluding hydrogens is 436 g/mol. The summed E-state index contributed by atoms with van der Waals surface area (Å²) in [6.45, 7) is 2.72. The lowest BCUT2D eigenvalue weighted by molar-refractivity contribution is -0.143. The van der Waals surface area contributed by atoms with Crippen LogP contribution in [0.1, 0.15) is 25.8 Å². The van der Waals surface area contributed by atoms with Crippen LogP contribution in [0, 0.1) is 5.92 Å². The summed E-state index contributed by atoms with van der Waals surface area (Å²) in [6.07, 6.45) is 0.790. The third kappa shape index (κ3) is 8.48. The SMILES string of the molecule is CCC(C)C(NC(=O)C(CS)NC(=O)C(N)Cc1ccccc1)C(=O)NC(CO)C(=O)O. The van der Waals surface area contributed by atoms with E-state index in [-0.39, 0.29) is 18.1 Å². The number of hydrogen-bond acceptors (Lipinski definition) is 7. The number of aliphatic carboxylic acids is 1. The lowest BCUT2D eigenvalue weighted by Gasteiger charge is -2.27. The van der Waals surface area contributed by atoms with Gasteiger partial charge in [0.05, 0.1) is 12.6 Å². The summed E-state index contributed by atoms with van der Waals surface area (Å²) in [4.78, 5) is 48.9. The highest BCUT2D eigenvalue weighted by molar-refractivity contribution is 7.80. The molecule has 0 radical (unpaired) electrons. The minimum atomic E-state index is -1.50. The van der Waals surface area contributed by atoms with Crippen molar-refractivity contribution in [3.63, 3.8) is 0 Å². The summed E-state index contributed by atoms with van der Waals surface area (Å²) in [5, 5.41) is 25.5. The molecule has 1 aromatic rings. The quantitative estimate of drug-likeness (QED) is 0.183. The second-order valence-electron chi connectivity index (χ2n) is 7.49. The molecule has 0 saturated carbocycles. The summed E-state index contributed by atoms with van der Waals surface area (Å²) in [5.41, 5.74) is 6.83. The maximum Gasteiger partial charge on any atom is 0.328 e. The van der Waals surface area contributed by atoms with Crippen molar-refractivity contribution in [2.45, 2.75) is 50.9 Å². The van der Waals surface area contributed by atoms with Crippen LogP contribution in [0.15, 0.2) is 30.3 Å². The van der Waals surface area contributed by atoms with Gasteiger partial charge >= 0.3 is 5.97 Å². The molecule has 178 valence electrons. The Hall–Kier alpha value is -2.63. The third-order valence-corrected chi connectivity index (χ3v) is 5.41. The Bertz CT molecular complexity index is 779. The van der Waals surface area contributed by atoms with Crippen molar-refractivity contribution >= 4 is 36.3 Å². The van der Waals surface area contributed by atoms with Gasteiger partial charge in [-0.05, 0) is 17.9 Å². The van der Waals surface area contributed by atoms with Gasteiger partial charge in [0.25, 0.3) is 0 Å². The average Bonchev–Trinajstić information content (AvgIpc) is 2.78. The lowest BCUT2D eigenvalue weighted by atomic mass is 9.97. The van der Waals surface area contributed by atoms with E-state index >= 15 is 0 Å². The van der Waals surface area contributed by atoms with E-state index < -0.39 is 54.5 Å². The van der Waals surface area contributed by atoms with E-state index in [0.29, 0.717) is 6.42 Å². The van der Waals surface area contributed by atoms with Crippen LogP contribution in [-0.2, 0) is 25.6 Å². The predicted molar refractivity (Wildman–Crippen MR) is 122 cm³/mol. The molecule has 32 heavy (non-hydrogen) atoms. The van der Waals surface area contributed by atoms with Gasteiger partial charge in [-0.2, -0.15) is 12.6 Å². The molecule has 3 amide bonds. The number of hydrogen-bond donors (Lipinski definition) is 7. The first kappa shape index (κ1) is 27.4. The molecule has 0 heterocycles. The van der Waals surface area contributed by atoms with Crippen molar-refractivity contribution in [1.29, 1.82) is 0 Å². The van der Waals surface area contributed by atoms with E-state index in [9.17, 15) is 19.2 Å². The van der Waals surface area contributed by atoms with Gasteiger partial charge in [-0.25, -0.2) is 4.79 Å². The fourth-order valence-electron chi connectivity index (χ4n) is 2.84. The van der Waals surface area contributed by atoms with Gasteiger partial charge in [0, 0.05) is 5.75 Å². The molecule has 0 aliphatic rings. The molecule has 11 heteroatoms. The zero-order valence-electron chi connectivity index (χ0n) is 18.2. The first-order valence-electron chi connectivity index (χ1n) is 10.3. The summed E-state index contributed by atoms with van der Waals surface area (Å²) in [7, 11) is 0. The number of amides is 3. The van der Waals surface area contributed by atoms with E-state index in [1.807, 2.05) is 30.3 Å². The van der Waals surface area contributed by atoms with Crippen LogP contribution in [0.5, 0.6) is 0 Å². The van der Waals surface area contributed by atoms with Crippen LogP contribution < -0.4 is 21.7 Å². The Labute approximate surface area is 192 Å². The van der Waals surface area contributed by atoms with Crippen LogP contribution in [-0.4, -0.2) is 70.4 Å². The molecule has 0 fully saturated rings. The van der Waals surface area contributed by atoms with Crippen molar-refractivity contribution in [2.75, 3.05) is 12.4 Å². The van der Waals surface area contributed by atoms with Crippen LogP contribution in [0.2, 0.25) is 0 Å². The topological polar surface area (TPSA) is 171 Å². The molecule has 0 aromatic heterocycles. The number of aliphatic hydroxyl groups excluding tert-OH is 1. The van der Waals surface area contributed by atoms with E-state index in [1.54, 1.807) is 13.8 Å². The summed E-state index contributed by atoms with van der Waals surface area (Å²) in [6, 6.07) is 4.66. The third-order valence-electron chi connectivity index (χ3n) is 5.04. The standard InChI is InChI=1S/C21H32N4O6S/c1-3-12(2)17(20(29)23-15(10-26)21(30)31)25-19(28)16(11-32)24-18(27)14(22)9-13-7-5-4-6-8-13/h4-8,12,14-17,26,32H,3,9-11,22H2,1-2H3,(H,23,29)(H,24,27)(H,25,28)(H,30,31). The second-order valence-corrected chi connectivity index (χ2v) is 7.86. The molecule has 7 N–H and O–H groups in total. The highest BCUT2D eigenvalue weighted by Crippen LogP contribution is 2.09. The smallest absolute Gasteiger partial charge is 0.328 e. The highest BCUT2D eigenvalue weighted by atomic mass is 32.1. The molecule has 5 atom stereocenters. The summed E-state index contributed by atoms with van der Waals surface area (Å²) >= 11 is 4.12. The summed E-state index contributed by atoms with van der Waals surface area (Å²) < 4.78 is 0. The fraction of sp³-hybridized carbons (Fsp3) is 0.524. The van der Waals surface area contributed by atoms with E-state index in [2.05, 4.69) is 28.6 Å². The number of benzene rings is 1. The Kier molecular flexibility index (Phi) is 11.7. The van der Waals surface area contributed by atoms with Crippen molar-refractivity contribution < 1.29 is 29.4 Å². The number of nitrogens with one attached hydrogen (secondary N) is 3. The molecule has 5 unspecified atom stereocenters. The Balaban J connectivity index is 2.81. The lowest BCUT2D eigenvalue weighted by Crippen LogP contribution is -2.59. The molecule has 0 spiro atoms. The number of thiol groups is 1. The first-order chi connectivity index (χ1) is 15.1. The van der Waals surface area contributed by atoms with Gasteiger partial charge < -0.3 is 31.9 Å². The number of carbonyl (C=O) groups is 4. The van der Waals surface area contributed by atoms with Crippen LogP contribution in [0.25, 0.3) is 0 Å². The normalized spacial score (nSPS) is 15.5. The van der Waals surface area contributed by atoms with E-state index in [1.165, 1.54) is 0 Å². The van der Waals surface area contributed by atoms with E-state index in [0.717, 1.165) is 5.56 Å². The Morgan fingerprint density at radius 1 is 1.00 bits per heavy atom. The molecule has 0 aliphatic carbocycles. The number of rotatable bonds is 13. The monoisotopic (exact) mass is 468 g/mol. The van der Waals surface area contributed by atoms with Gasteiger partial charge in [-0.15, -0.1) is 0 Å². The van der Waals surface area contributed by atoms with Crippen LogP contribution in [0.3, 0.4) is 0 Å². The molecule has 10 nitrogen and oxygen atoms in total. The second kappa shape index (κ2) is 13.7. The average molecular weight is 469 g/mol. The minimum Gasteiger partial charge on any atom is -0.480 e. The molecule has 0 saturated heterocycles. The minimum absolute atomic E-state index is 0.0428. The largest absolute Gasteiger partial charge is 0.480 e. The summed E-state index contributed by atoms with van der Waals surface area (Å²) in [5.74, 6) is -3.74. The highest BCUT2D eigenvalue weighted by Gasteiger charge is 2.32. The predicted octanol–water partition coefficient (Wildman–Crippen LogP) is -0.936. The Morgan fingerprint density at radius 3 is 2.09 bits per heavy atom. The number of aliphatic hydroxyl groups is 1. The molecule has 1 aromatic carbocycles. The zero-order valence-corrected chi connectivity index (χ0v) is 19.0. The van der Waals surface area contributed by atoms with Crippen molar-refractivity contribution in [3.8, 4) is 0 Å². The van der Waals surface area contributed by atoms with Crippen LogP contribution >= 0.6 is 12.6 Å². The van der Waals surface area contributed by atoms with Gasteiger partial charge in [0.15, 0.2) is 0 Å². The van der Waals surface area contributed by atoms with E-state index in [4.69, 9.17) is 15.9 Å². The number of carboxylic acid groups (broad SMARTS) is 1. The van der Waals surface area contributed by atoms with Gasteiger partial charge in [0.1, 0.15) is 18.1 Å². The number of carboxylic acids is 1. The molecular formula is C21H32N4O6S. The molecule has 1 rings (SSSR count). The maximum absolute atomic E-state index is 12.8. The van der Waals surface area contributed by atoms with Crippen molar-refractivity contribution in [2.24, 2.45) is 11.7 Å². The van der Waals surface area contributed by atoms with Crippen molar-refractivity contribution in [3.05, 3.63) is 35.9 Å². The van der Waals surface area contributed by atoms with Gasteiger partial charge in [-0.3, -0.25) is 14.4 Å².